The van der Waals surface area contributed by atoms with E-state index in [0.717, 1.165) is 6.07 Å². The molecule has 0 saturated carbocycles. The van der Waals surface area contributed by atoms with Crippen LogP contribution in [0.25, 0.3) is 0 Å². The van der Waals surface area contributed by atoms with Crippen LogP contribution in [0.15, 0.2) is 59.2 Å². The standard InChI is InChI=1S/C23H21N3O8/c1-13-6-7-15(11-17(13)24-22(28)20-5-4-10-33-20)23(29)34-14(2)21(27)25-18-12-16(26(30)31)8-9-19(18)32-3/h4-12,14H,1-3H3,(H,24,28)(H,25,27)/t14-/m0/s1. The zero-order valence-corrected chi connectivity index (χ0v) is 18.5. The van der Waals surface area contributed by atoms with Crippen molar-refractivity contribution in [2.45, 2.75) is 20.0 Å². The van der Waals surface area contributed by atoms with Crippen molar-refractivity contribution in [2.75, 3.05) is 17.7 Å². The van der Waals surface area contributed by atoms with Crippen molar-refractivity contribution in [3.05, 3.63) is 81.8 Å². The van der Waals surface area contributed by atoms with E-state index in [2.05, 4.69) is 10.6 Å². The van der Waals surface area contributed by atoms with Crippen molar-refractivity contribution in [3.63, 3.8) is 0 Å². The van der Waals surface area contributed by atoms with Gasteiger partial charge in [-0.1, -0.05) is 6.07 Å². The Morgan fingerprint density at radius 1 is 1.06 bits per heavy atom. The first-order valence-electron chi connectivity index (χ1n) is 9.99. The van der Waals surface area contributed by atoms with Gasteiger partial charge in [0.15, 0.2) is 11.9 Å². The molecule has 0 unspecified atom stereocenters. The number of rotatable bonds is 8. The Balaban J connectivity index is 1.69. The molecule has 0 spiro atoms. The molecule has 2 amide bonds. The smallest absolute Gasteiger partial charge is 0.338 e. The number of methoxy groups -OCH3 is 1. The van der Waals surface area contributed by atoms with Gasteiger partial charge in [-0.05, 0) is 49.7 Å². The summed E-state index contributed by atoms with van der Waals surface area (Å²) in [7, 11) is 1.35. The summed E-state index contributed by atoms with van der Waals surface area (Å²) in [6.45, 7) is 3.10. The Kier molecular flexibility index (Phi) is 7.26. The number of hydrogen-bond acceptors (Lipinski definition) is 8. The predicted octanol–water partition coefficient (Wildman–Crippen LogP) is 3.94. The zero-order valence-electron chi connectivity index (χ0n) is 18.5. The number of non-ortho nitro benzene ring substituents is 1. The highest BCUT2D eigenvalue weighted by molar-refractivity contribution is 6.04. The summed E-state index contributed by atoms with van der Waals surface area (Å²) >= 11 is 0. The molecule has 0 bridgehead atoms. The van der Waals surface area contributed by atoms with Gasteiger partial charge in [0.25, 0.3) is 17.5 Å². The number of carbonyl (C=O) groups excluding carboxylic acids is 3. The molecule has 1 heterocycles. The minimum absolute atomic E-state index is 0.0582. The minimum Gasteiger partial charge on any atom is -0.495 e. The van der Waals surface area contributed by atoms with Crippen LogP contribution in [0.2, 0.25) is 0 Å². The SMILES string of the molecule is COc1ccc([N+](=O)[O-])cc1NC(=O)[C@H](C)OC(=O)c1ccc(C)c(NC(=O)c2ccco2)c1. The molecule has 0 aliphatic heterocycles. The molecule has 176 valence electrons. The largest absolute Gasteiger partial charge is 0.495 e. The molecule has 34 heavy (non-hydrogen) atoms. The van der Waals surface area contributed by atoms with Gasteiger partial charge in [0.2, 0.25) is 0 Å². The number of nitrogens with one attached hydrogen (secondary N) is 2. The fourth-order valence-corrected chi connectivity index (χ4v) is 2.90. The van der Waals surface area contributed by atoms with Crippen LogP contribution in [0.5, 0.6) is 5.75 Å². The maximum absolute atomic E-state index is 12.6. The van der Waals surface area contributed by atoms with Crippen LogP contribution in [-0.2, 0) is 9.53 Å². The molecule has 3 rings (SSSR count). The molecular formula is C23H21N3O8. The number of ether oxygens (including phenoxy) is 2. The van der Waals surface area contributed by atoms with Gasteiger partial charge in [0.05, 0.1) is 29.5 Å². The van der Waals surface area contributed by atoms with Gasteiger partial charge in [-0.25, -0.2) is 4.79 Å². The number of benzene rings is 2. The van der Waals surface area contributed by atoms with Gasteiger partial charge in [0, 0.05) is 17.8 Å². The number of amides is 2. The first kappa shape index (κ1) is 24.0. The molecular weight excluding hydrogens is 446 g/mol. The van der Waals surface area contributed by atoms with Crippen LogP contribution in [0.3, 0.4) is 0 Å². The maximum atomic E-state index is 12.6. The number of nitro benzene ring substituents is 1. The summed E-state index contributed by atoms with van der Waals surface area (Å²) in [6.07, 6.45) is 0.129. The van der Waals surface area contributed by atoms with Gasteiger partial charge in [-0.15, -0.1) is 0 Å². The molecule has 3 aromatic rings. The number of anilines is 2. The van der Waals surface area contributed by atoms with E-state index in [0.29, 0.717) is 11.3 Å². The van der Waals surface area contributed by atoms with Crippen LogP contribution in [0, 0.1) is 17.0 Å². The number of furan rings is 1. The topological polar surface area (TPSA) is 150 Å². The Labute approximate surface area is 193 Å². The Morgan fingerprint density at radius 3 is 2.47 bits per heavy atom. The number of aryl methyl sites for hydroxylation is 1. The second-order valence-corrected chi connectivity index (χ2v) is 7.14. The Morgan fingerprint density at radius 2 is 1.82 bits per heavy atom. The summed E-state index contributed by atoms with van der Waals surface area (Å²) < 4.78 is 15.4. The third kappa shape index (κ3) is 5.57. The highest BCUT2D eigenvalue weighted by Gasteiger charge is 2.22. The molecule has 11 nitrogen and oxygen atoms in total. The molecule has 0 aliphatic carbocycles. The Bertz CT molecular complexity index is 1240. The van der Waals surface area contributed by atoms with E-state index in [1.807, 2.05) is 0 Å². The molecule has 1 aromatic heterocycles. The van der Waals surface area contributed by atoms with E-state index >= 15 is 0 Å². The van der Waals surface area contributed by atoms with Crippen molar-refractivity contribution >= 4 is 34.8 Å². The van der Waals surface area contributed by atoms with E-state index in [-0.39, 0.29) is 28.4 Å². The van der Waals surface area contributed by atoms with E-state index in [4.69, 9.17) is 13.9 Å². The molecule has 0 fully saturated rings. The molecule has 0 saturated heterocycles. The lowest BCUT2D eigenvalue weighted by molar-refractivity contribution is -0.384. The van der Waals surface area contributed by atoms with E-state index in [1.165, 1.54) is 50.6 Å². The lowest BCUT2D eigenvalue weighted by Crippen LogP contribution is -2.30. The highest BCUT2D eigenvalue weighted by atomic mass is 16.6. The average Bonchev–Trinajstić information content (AvgIpc) is 3.35. The van der Waals surface area contributed by atoms with E-state index < -0.39 is 28.8 Å². The summed E-state index contributed by atoms with van der Waals surface area (Å²) in [6, 6.07) is 11.3. The third-order valence-electron chi connectivity index (χ3n) is 4.77. The van der Waals surface area contributed by atoms with Crippen molar-refractivity contribution in [1.82, 2.24) is 0 Å². The van der Waals surface area contributed by atoms with Crippen molar-refractivity contribution < 1.29 is 33.2 Å². The lowest BCUT2D eigenvalue weighted by atomic mass is 10.1. The van der Waals surface area contributed by atoms with Gasteiger partial charge < -0.3 is 24.5 Å². The summed E-state index contributed by atoms with van der Waals surface area (Å²) in [5.74, 6) is -1.70. The molecule has 0 radical (unpaired) electrons. The first-order valence-corrected chi connectivity index (χ1v) is 9.99. The van der Waals surface area contributed by atoms with E-state index in [1.54, 1.807) is 19.1 Å². The quantitative estimate of drug-likeness (QED) is 0.287. The van der Waals surface area contributed by atoms with Crippen LogP contribution in [0.1, 0.15) is 33.4 Å². The Hall–Kier alpha value is -4.67. The third-order valence-corrected chi connectivity index (χ3v) is 4.77. The minimum atomic E-state index is -1.24. The van der Waals surface area contributed by atoms with Crippen molar-refractivity contribution in [3.8, 4) is 5.75 Å². The first-order chi connectivity index (χ1) is 16.2. The van der Waals surface area contributed by atoms with Crippen molar-refractivity contribution in [2.24, 2.45) is 0 Å². The van der Waals surface area contributed by atoms with Gasteiger partial charge >= 0.3 is 5.97 Å². The molecule has 0 aliphatic rings. The zero-order chi connectivity index (χ0) is 24.8. The van der Waals surface area contributed by atoms with Crippen LogP contribution >= 0.6 is 0 Å². The second-order valence-electron chi connectivity index (χ2n) is 7.14. The highest BCUT2D eigenvalue weighted by Crippen LogP contribution is 2.29. The van der Waals surface area contributed by atoms with Crippen LogP contribution in [-0.4, -0.2) is 35.9 Å². The summed E-state index contributed by atoms with van der Waals surface area (Å²) in [5, 5.41) is 16.1. The monoisotopic (exact) mass is 467 g/mol. The number of hydrogen-bond donors (Lipinski definition) is 2. The second kappa shape index (κ2) is 10.3. The average molecular weight is 467 g/mol. The summed E-state index contributed by atoms with van der Waals surface area (Å²) in [4.78, 5) is 47.8. The van der Waals surface area contributed by atoms with E-state index in [9.17, 15) is 24.5 Å². The summed E-state index contributed by atoms with van der Waals surface area (Å²) in [5.41, 5.74) is 0.981. The number of nitrogens with zero attached hydrogens (tertiary/aromatic N) is 1. The maximum Gasteiger partial charge on any atom is 0.338 e. The molecule has 2 N–H and O–H groups in total. The molecule has 2 aromatic carbocycles. The lowest BCUT2D eigenvalue weighted by Gasteiger charge is -2.16. The fourth-order valence-electron chi connectivity index (χ4n) is 2.90. The molecule has 1 atom stereocenters. The van der Waals surface area contributed by atoms with Crippen LogP contribution < -0.4 is 15.4 Å². The number of carbonyl (C=O) groups is 3. The van der Waals surface area contributed by atoms with Crippen LogP contribution in [0.4, 0.5) is 17.1 Å². The number of nitro groups is 1. The van der Waals surface area contributed by atoms with Crippen molar-refractivity contribution in [1.29, 1.82) is 0 Å². The predicted molar refractivity (Wildman–Crippen MR) is 121 cm³/mol. The fraction of sp³-hybridized carbons (Fsp3) is 0.174. The van der Waals surface area contributed by atoms with Gasteiger partial charge in [-0.2, -0.15) is 0 Å². The van der Waals surface area contributed by atoms with Gasteiger partial charge in [0.1, 0.15) is 5.75 Å². The van der Waals surface area contributed by atoms with Gasteiger partial charge in [-0.3, -0.25) is 19.7 Å². The normalized spacial score (nSPS) is 11.3. The molecule has 11 heteroatoms. The number of esters is 1.